The third-order valence-electron chi connectivity index (χ3n) is 3.34. The summed E-state index contributed by atoms with van der Waals surface area (Å²) in [5, 5.41) is 12.9. The highest BCUT2D eigenvalue weighted by Crippen LogP contribution is 2.16. The third-order valence-corrected chi connectivity index (χ3v) is 3.34. The molecule has 0 N–H and O–H groups in total. The van der Waals surface area contributed by atoms with E-state index in [0.29, 0.717) is 6.54 Å². The fraction of sp³-hybridized carbons (Fsp3) is 0.267. The Hall–Kier alpha value is -2.43. The summed E-state index contributed by atoms with van der Waals surface area (Å²) < 4.78 is 4.00. The van der Waals surface area contributed by atoms with Gasteiger partial charge in [-0.3, -0.25) is 4.68 Å². The predicted molar refractivity (Wildman–Crippen MR) is 77.2 cm³/mol. The summed E-state index contributed by atoms with van der Waals surface area (Å²) in [4.78, 5) is 0. The molecule has 0 saturated carbocycles. The second-order valence-electron chi connectivity index (χ2n) is 4.67. The van der Waals surface area contributed by atoms with Gasteiger partial charge in [0.1, 0.15) is 12.4 Å². The van der Waals surface area contributed by atoms with E-state index in [4.69, 9.17) is 0 Å². The third kappa shape index (κ3) is 2.34. The zero-order chi connectivity index (χ0) is 13.9. The summed E-state index contributed by atoms with van der Waals surface area (Å²) in [7, 11) is 0. The van der Waals surface area contributed by atoms with E-state index >= 15 is 0 Å². The van der Waals surface area contributed by atoms with E-state index < -0.39 is 0 Å². The van der Waals surface area contributed by atoms with Gasteiger partial charge in [0.05, 0.1) is 5.69 Å². The van der Waals surface area contributed by atoms with E-state index in [1.54, 1.807) is 0 Å². The Morgan fingerprint density at radius 1 is 1.05 bits per heavy atom. The molecule has 0 saturated heterocycles. The summed E-state index contributed by atoms with van der Waals surface area (Å²) in [5.74, 6) is 1.88. The van der Waals surface area contributed by atoms with Crippen LogP contribution in [0.2, 0.25) is 0 Å². The normalized spacial score (nSPS) is 10.9. The zero-order valence-electron chi connectivity index (χ0n) is 11.7. The lowest BCUT2D eigenvalue weighted by Gasteiger charge is -2.05. The molecule has 0 amide bonds. The summed E-state index contributed by atoms with van der Waals surface area (Å²) in [6.07, 6.45) is 1.98. The Labute approximate surface area is 117 Å². The summed E-state index contributed by atoms with van der Waals surface area (Å²) >= 11 is 0. The number of hydrogen-bond donors (Lipinski definition) is 0. The molecule has 5 nitrogen and oxygen atoms in total. The molecule has 0 unspecified atom stereocenters. The second-order valence-corrected chi connectivity index (χ2v) is 4.67. The van der Waals surface area contributed by atoms with Crippen molar-refractivity contribution in [2.75, 3.05) is 0 Å². The first-order valence-electron chi connectivity index (χ1n) is 6.75. The van der Waals surface area contributed by atoms with Crippen molar-refractivity contribution in [2.45, 2.75) is 26.9 Å². The largest absolute Gasteiger partial charge is 0.314 e. The summed E-state index contributed by atoms with van der Waals surface area (Å²) in [5.41, 5.74) is 2.10. The van der Waals surface area contributed by atoms with E-state index in [9.17, 15) is 0 Å². The van der Waals surface area contributed by atoms with Crippen LogP contribution in [0, 0.1) is 6.92 Å². The van der Waals surface area contributed by atoms with Gasteiger partial charge in [0.15, 0.2) is 5.82 Å². The minimum Gasteiger partial charge on any atom is -0.314 e. The van der Waals surface area contributed by atoms with Gasteiger partial charge in [-0.05, 0) is 19.9 Å². The van der Waals surface area contributed by atoms with Crippen molar-refractivity contribution in [3.05, 3.63) is 54.2 Å². The molecule has 3 rings (SSSR count). The van der Waals surface area contributed by atoms with Gasteiger partial charge < -0.3 is 4.57 Å². The van der Waals surface area contributed by atoms with Gasteiger partial charge in [-0.25, -0.2) is 0 Å². The van der Waals surface area contributed by atoms with Gasteiger partial charge in [-0.1, -0.05) is 30.3 Å². The van der Waals surface area contributed by atoms with Crippen LogP contribution in [0.4, 0.5) is 0 Å². The van der Waals surface area contributed by atoms with Gasteiger partial charge in [-0.2, -0.15) is 5.10 Å². The molecule has 1 aromatic carbocycles. The highest BCUT2D eigenvalue weighted by Gasteiger charge is 2.09. The molecule has 0 aliphatic heterocycles. The first-order chi connectivity index (χ1) is 9.78. The molecule has 0 spiro atoms. The maximum Gasteiger partial charge on any atom is 0.154 e. The van der Waals surface area contributed by atoms with Crippen LogP contribution in [0.25, 0.3) is 11.3 Å². The molecule has 2 heterocycles. The van der Waals surface area contributed by atoms with Crippen LogP contribution in [0.1, 0.15) is 18.6 Å². The number of aryl methyl sites for hydroxylation is 1. The molecule has 20 heavy (non-hydrogen) atoms. The Bertz CT molecular complexity index is 696. The first-order valence-corrected chi connectivity index (χ1v) is 6.75. The lowest BCUT2D eigenvalue weighted by Crippen LogP contribution is -2.09. The van der Waals surface area contributed by atoms with Crippen LogP contribution >= 0.6 is 0 Å². The highest BCUT2D eigenvalue weighted by atomic mass is 15.3. The summed E-state index contributed by atoms with van der Waals surface area (Å²) in [6.45, 7) is 5.58. The van der Waals surface area contributed by atoms with E-state index in [-0.39, 0.29) is 0 Å². The van der Waals surface area contributed by atoms with Crippen molar-refractivity contribution >= 4 is 0 Å². The Kier molecular flexibility index (Phi) is 3.33. The van der Waals surface area contributed by atoms with Crippen LogP contribution in [0.3, 0.4) is 0 Å². The molecule has 0 atom stereocenters. The smallest absolute Gasteiger partial charge is 0.154 e. The fourth-order valence-electron chi connectivity index (χ4n) is 2.31. The molecule has 0 fully saturated rings. The number of rotatable bonds is 4. The van der Waals surface area contributed by atoms with Crippen molar-refractivity contribution in [2.24, 2.45) is 0 Å². The van der Waals surface area contributed by atoms with Gasteiger partial charge in [-0.15, -0.1) is 10.2 Å². The van der Waals surface area contributed by atoms with Gasteiger partial charge in [0.25, 0.3) is 0 Å². The van der Waals surface area contributed by atoms with Crippen LogP contribution in [-0.4, -0.2) is 24.5 Å². The van der Waals surface area contributed by atoms with Crippen LogP contribution in [0.5, 0.6) is 0 Å². The van der Waals surface area contributed by atoms with Crippen LogP contribution in [-0.2, 0) is 13.1 Å². The monoisotopic (exact) mass is 267 g/mol. The fourth-order valence-corrected chi connectivity index (χ4v) is 2.31. The average Bonchev–Trinajstić information content (AvgIpc) is 3.08. The highest BCUT2D eigenvalue weighted by molar-refractivity contribution is 5.57. The molecule has 0 aliphatic carbocycles. The molecule has 102 valence electrons. The van der Waals surface area contributed by atoms with Gasteiger partial charge in [0.2, 0.25) is 0 Å². The molecule has 5 heteroatoms. The van der Waals surface area contributed by atoms with Crippen LogP contribution in [0.15, 0.2) is 42.6 Å². The Morgan fingerprint density at radius 3 is 2.60 bits per heavy atom. The van der Waals surface area contributed by atoms with Gasteiger partial charge >= 0.3 is 0 Å². The lowest BCUT2D eigenvalue weighted by molar-refractivity contribution is 0.601. The topological polar surface area (TPSA) is 48.5 Å². The van der Waals surface area contributed by atoms with Crippen molar-refractivity contribution in [1.82, 2.24) is 24.5 Å². The molecule has 0 radical (unpaired) electrons. The lowest BCUT2D eigenvalue weighted by atomic mass is 10.2. The molecular formula is C15H17N5. The quantitative estimate of drug-likeness (QED) is 0.729. The summed E-state index contributed by atoms with van der Waals surface area (Å²) in [6, 6.07) is 12.2. The minimum atomic E-state index is 0.640. The number of nitrogens with zero attached hydrogens (tertiary/aromatic N) is 5. The van der Waals surface area contributed by atoms with Crippen molar-refractivity contribution in [3.63, 3.8) is 0 Å². The zero-order valence-corrected chi connectivity index (χ0v) is 11.7. The van der Waals surface area contributed by atoms with Crippen molar-refractivity contribution < 1.29 is 0 Å². The van der Waals surface area contributed by atoms with Crippen molar-refractivity contribution in [1.29, 1.82) is 0 Å². The van der Waals surface area contributed by atoms with E-state index in [0.717, 1.165) is 29.5 Å². The minimum absolute atomic E-state index is 0.640. The number of aromatic nitrogens is 5. The predicted octanol–water partition coefficient (Wildman–Crippen LogP) is 2.52. The van der Waals surface area contributed by atoms with Crippen molar-refractivity contribution in [3.8, 4) is 11.3 Å². The van der Waals surface area contributed by atoms with E-state index in [1.165, 1.54) is 0 Å². The average molecular weight is 267 g/mol. The number of hydrogen-bond acceptors (Lipinski definition) is 3. The van der Waals surface area contributed by atoms with Gasteiger partial charge in [0, 0.05) is 18.3 Å². The maximum atomic E-state index is 4.60. The maximum absolute atomic E-state index is 4.60. The molecule has 0 bridgehead atoms. The van der Waals surface area contributed by atoms with E-state index in [1.807, 2.05) is 42.1 Å². The molecular weight excluding hydrogens is 250 g/mol. The Balaban J connectivity index is 1.84. The molecule has 2 aromatic heterocycles. The molecule has 0 aliphatic rings. The first kappa shape index (κ1) is 12.6. The SMILES string of the molecule is CCn1c(C)nnc1Cn1ccc(-c2ccccc2)n1. The van der Waals surface area contributed by atoms with E-state index in [2.05, 4.69) is 38.9 Å². The Morgan fingerprint density at radius 2 is 1.85 bits per heavy atom. The number of benzene rings is 1. The second kappa shape index (κ2) is 5.28. The molecule has 3 aromatic rings. The standard InChI is InChI=1S/C15H17N5/c1-3-20-12(2)16-17-15(20)11-19-10-9-14(18-19)13-7-5-4-6-8-13/h4-10H,3,11H2,1-2H3. The van der Waals surface area contributed by atoms with Crippen LogP contribution < -0.4 is 0 Å².